The van der Waals surface area contributed by atoms with E-state index in [0.717, 1.165) is 9.35 Å². The third-order valence-corrected chi connectivity index (χ3v) is 4.03. The molecule has 0 spiro atoms. The Bertz CT molecular complexity index is 568. The molecule has 2 rings (SSSR count). The minimum Gasteiger partial charge on any atom is -0.508 e. The van der Waals surface area contributed by atoms with Crippen molar-refractivity contribution < 1.29 is 9.90 Å². The van der Waals surface area contributed by atoms with Crippen LogP contribution in [0.3, 0.4) is 0 Å². The number of amides is 1. The lowest BCUT2D eigenvalue weighted by Crippen LogP contribution is -2.25. The predicted molar refractivity (Wildman–Crippen MR) is 75.9 cm³/mol. The van der Waals surface area contributed by atoms with Gasteiger partial charge in [-0.25, -0.2) is 0 Å². The lowest BCUT2D eigenvalue weighted by molar-refractivity contribution is 0.0785. The summed E-state index contributed by atoms with van der Waals surface area (Å²) < 4.78 is 1.05. The zero-order valence-corrected chi connectivity index (χ0v) is 12.2. The van der Waals surface area contributed by atoms with Crippen molar-refractivity contribution in [3.63, 3.8) is 0 Å². The standard InChI is InChI=1S/C13H12BrNO2S/c1-15(7-9-5-12(14)18-8-9)13(17)10-3-2-4-11(16)6-10/h2-6,8,16H,7H2,1H3. The first-order valence-electron chi connectivity index (χ1n) is 5.33. The number of thiophene rings is 1. The van der Waals surface area contributed by atoms with Crippen LogP contribution in [0.5, 0.6) is 5.75 Å². The van der Waals surface area contributed by atoms with Gasteiger partial charge in [-0.15, -0.1) is 11.3 Å². The van der Waals surface area contributed by atoms with E-state index in [1.807, 2.05) is 11.4 Å². The number of rotatable bonds is 3. The maximum atomic E-state index is 12.1. The second-order valence-electron chi connectivity index (χ2n) is 3.97. The van der Waals surface area contributed by atoms with Gasteiger partial charge >= 0.3 is 0 Å². The molecule has 0 aliphatic carbocycles. The number of halogens is 1. The molecule has 18 heavy (non-hydrogen) atoms. The van der Waals surface area contributed by atoms with Gasteiger partial charge in [0.2, 0.25) is 0 Å². The Labute approximate surface area is 118 Å². The summed E-state index contributed by atoms with van der Waals surface area (Å²) in [6.45, 7) is 0.552. The Morgan fingerprint density at radius 2 is 2.22 bits per heavy atom. The van der Waals surface area contributed by atoms with Gasteiger partial charge in [0.15, 0.2) is 0 Å². The number of hydrogen-bond donors (Lipinski definition) is 1. The van der Waals surface area contributed by atoms with Crippen molar-refractivity contribution in [2.24, 2.45) is 0 Å². The van der Waals surface area contributed by atoms with E-state index < -0.39 is 0 Å². The lowest BCUT2D eigenvalue weighted by Gasteiger charge is -2.16. The van der Waals surface area contributed by atoms with Crippen molar-refractivity contribution in [2.45, 2.75) is 6.54 Å². The SMILES string of the molecule is CN(Cc1csc(Br)c1)C(=O)c1cccc(O)c1. The average molecular weight is 326 g/mol. The van der Waals surface area contributed by atoms with Gasteiger partial charge in [0.05, 0.1) is 3.79 Å². The van der Waals surface area contributed by atoms with Crippen molar-refractivity contribution in [1.82, 2.24) is 4.90 Å². The molecule has 1 aromatic heterocycles. The Hall–Kier alpha value is -1.33. The van der Waals surface area contributed by atoms with E-state index in [9.17, 15) is 9.90 Å². The van der Waals surface area contributed by atoms with E-state index in [2.05, 4.69) is 15.9 Å². The van der Waals surface area contributed by atoms with Crippen LogP contribution in [0.15, 0.2) is 39.5 Å². The molecule has 94 valence electrons. The van der Waals surface area contributed by atoms with Crippen LogP contribution in [-0.2, 0) is 6.54 Å². The van der Waals surface area contributed by atoms with Crippen molar-refractivity contribution in [3.8, 4) is 5.75 Å². The monoisotopic (exact) mass is 325 g/mol. The average Bonchev–Trinajstić information content (AvgIpc) is 2.73. The highest BCUT2D eigenvalue weighted by atomic mass is 79.9. The fraction of sp³-hybridized carbons (Fsp3) is 0.154. The third-order valence-electron chi connectivity index (χ3n) is 2.48. The van der Waals surface area contributed by atoms with Gasteiger partial charge < -0.3 is 10.0 Å². The summed E-state index contributed by atoms with van der Waals surface area (Å²) in [4.78, 5) is 13.7. The summed E-state index contributed by atoms with van der Waals surface area (Å²) in [6.07, 6.45) is 0. The quantitative estimate of drug-likeness (QED) is 0.938. The second kappa shape index (κ2) is 5.54. The van der Waals surface area contributed by atoms with Gasteiger partial charge in [-0.05, 0) is 51.1 Å². The molecule has 2 aromatic rings. The van der Waals surface area contributed by atoms with E-state index in [1.54, 1.807) is 41.5 Å². The number of hydrogen-bond acceptors (Lipinski definition) is 3. The van der Waals surface area contributed by atoms with Crippen LogP contribution in [0.1, 0.15) is 15.9 Å². The predicted octanol–water partition coefficient (Wildman–Crippen LogP) is 3.49. The molecule has 5 heteroatoms. The molecule has 0 saturated carbocycles. The number of aromatic hydroxyl groups is 1. The zero-order valence-electron chi connectivity index (χ0n) is 9.76. The largest absolute Gasteiger partial charge is 0.508 e. The molecule has 1 amide bonds. The zero-order chi connectivity index (χ0) is 13.1. The molecule has 0 atom stereocenters. The summed E-state index contributed by atoms with van der Waals surface area (Å²) in [5.41, 5.74) is 1.58. The second-order valence-corrected chi connectivity index (χ2v) is 6.26. The van der Waals surface area contributed by atoms with E-state index in [4.69, 9.17) is 0 Å². The van der Waals surface area contributed by atoms with Gasteiger partial charge in [-0.1, -0.05) is 6.07 Å². The van der Waals surface area contributed by atoms with Crippen LogP contribution in [-0.4, -0.2) is 23.0 Å². The summed E-state index contributed by atoms with van der Waals surface area (Å²) >= 11 is 4.99. The Balaban J connectivity index is 2.09. The Morgan fingerprint density at radius 1 is 1.44 bits per heavy atom. The molecule has 3 nitrogen and oxygen atoms in total. The molecule has 0 bridgehead atoms. The fourth-order valence-corrected chi connectivity index (χ4v) is 2.83. The molecular formula is C13H12BrNO2S. The molecule has 0 aliphatic heterocycles. The lowest BCUT2D eigenvalue weighted by atomic mass is 10.2. The first-order valence-corrected chi connectivity index (χ1v) is 7.01. The first-order chi connectivity index (χ1) is 8.56. The molecule has 0 fully saturated rings. The molecular weight excluding hydrogens is 314 g/mol. The van der Waals surface area contributed by atoms with Crippen molar-refractivity contribution in [2.75, 3.05) is 7.05 Å². The summed E-state index contributed by atoms with van der Waals surface area (Å²) in [5, 5.41) is 11.4. The number of benzene rings is 1. The summed E-state index contributed by atoms with van der Waals surface area (Å²) in [7, 11) is 1.75. The maximum absolute atomic E-state index is 12.1. The number of phenolic OH excluding ortho intramolecular Hbond substituents is 1. The molecule has 1 aromatic carbocycles. The molecule has 0 unspecified atom stereocenters. The van der Waals surface area contributed by atoms with E-state index in [-0.39, 0.29) is 11.7 Å². The minimum atomic E-state index is -0.103. The third kappa shape index (κ3) is 3.11. The van der Waals surface area contributed by atoms with Crippen LogP contribution in [0, 0.1) is 0 Å². The van der Waals surface area contributed by atoms with Gasteiger partial charge in [0.25, 0.3) is 5.91 Å². The number of carbonyl (C=O) groups is 1. The molecule has 0 radical (unpaired) electrons. The van der Waals surface area contributed by atoms with Gasteiger partial charge in [0, 0.05) is 19.2 Å². The Kier molecular flexibility index (Phi) is 4.04. The smallest absolute Gasteiger partial charge is 0.254 e. The van der Waals surface area contributed by atoms with Crippen molar-refractivity contribution in [1.29, 1.82) is 0 Å². The highest BCUT2D eigenvalue weighted by Crippen LogP contribution is 2.22. The van der Waals surface area contributed by atoms with Crippen LogP contribution < -0.4 is 0 Å². The highest BCUT2D eigenvalue weighted by molar-refractivity contribution is 9.11. The molecule has 1 N–H and O–H groups in total. The first kappa shape index (κ1) is 13.1. The van der Waals surface area contributed by atoms with Gasteiger partial charge in [0.1, 0.15) is 5.75 Å². The molecule has 1 heterocycles. The van der Waals surface area contributed by atoms with E-state index >= 15 is 0 Å². The van der Waals surface area contributed by atoms with Gasteiger partial charge in [-0.2, -0.15) is 0 Å². The maximum Gasteiger partial charge on any atom is 0.254 e. The molecule has 0 saturated heterocycles. The van der Waals surface area contributed by atoms with Crippen molar-refractivity contribution >= 4 is 33.2 Å². The normalized spacial score (nSPS) is 10.3. The number of carbonyl (C=O) groups excluding carboxylic acids is 1. The number of nitrogens with zero attached hydrogens (tertiary/aromatic N) is 1. The van der Waals surface area contributed by atoms with Crippen LogP contribution in [0.25, 0.3) is 0 Å². The number of phenols is 1. The highest BCUT2D eigenvalue weighted by Gasteiger charge is 2.12. The Morgan fingerprint density at radius 3 is 2.83 bits per heavy atom. The summed E-state index contributed by atoms with van der Waals surface area (Å²) in [6, 6.07) is 8.38. The van der Waals surface area contributed by atoms with E-state index in [0.29, 0.717) is 12.1 Å². The summed E-state index contributed by atoms with van der Waals surface area (Å²) in [5.74, 6) is 0.000695. The topological polar surface area (TPSA) is 40.5 Å². The van der Waals surface area contributed by atoms with Crippen molar-refractivity contribution in [3.05, 3.63) is 50.6 Å². The van der Waals surface area contributed by atoms with E-state index in [1.165, 1.54) is 6.07 Å². The minimum absolute atomic E-state index is 0.103. The van der Waals surface area contributed by atoms with Crippen LogP contribution >= 0.6 is 27.3 Å². The van der Waals surface area contributed by atoms with Gasteiger partial charge in [-0.3, -0.25) is 4.79 Å². The van der Waals surface area contributed by atoms with Crippen LogP contribution in [0.4, 0.5) is 0 Å². The molecule has 0 aliphatic rings. The fourth-order valence-electron chi connectivity index (χ4n) is 1.63. The van der Waals surface area contributed by atoms with Crippen LogP contribution in [0.2, 0.25) is 0 Å².